The summed E-state index contributed by atoms with van der Waals surface area (Å²) in [6.07, 6.45) is 0. The molecule has 2 aromatic rings. The van der Waals surface area contributed by atoms with Gasteiger partial charge in [-0.25, -0.2) is 0 Å². The maximum atomic E-state index is 6.04. The molecule has 0 saturated carbocycles. The molecular weight excluding hydrogens is 206 g/mol. The van der Waals surface area contributed by atoms with Crippen LogP contribution in [0.2, 0.25) is 0 Å². The number of para-hydroxylation sites is 1. The van der Waals surface area contributed by atoms with Crippen LogP contribution in [0.4, 0.5) is 5.69 Å². The predicted molar refractivity (Wildman–Crippen MR) is 75.7 cm³/mol. The number of rotatable bonds is 2. The largest absolute Gasteiger partial charge is 0.398 e. The highest BCUT2D eigenvalue weighted by Gasteiger charge is 2.08. The van der Waals surface area contributed by atoms with Gasteiger partial charge in [-0.3, -0.25) is 0 Å². The molecule has 2 N–H and O–H groups in total. The highest BCUT2D eigenvalue weighted by molar-refractivity contribution is 5.85. The molecule has 1 nitrogen and oxygen atoms in total. The summed E-state index contributed by atoms with van der Waals surface area (Å²) in [4.78, 5) is 0. The first-order valence-electron chi connectivity index (χ1n) is 5.71. The monoisotopic (exact) mass is 223 g/mol. The summed E-state index contributed by atoms with van der Waals surface area (Å²) in [5, 5.41) is 0. The molecule has 0 saturated heterocycles. The Kier molecular flexibility index (Phi) is 3.01. The maximum Gasteiger partial charge on any atom is 0.0393 e. The summed E-state index contributed by atoms with van der Waals surface area (Å²) < 4.78 is 0. The summed E-state index contributed by atoms with van der Waals surface area (Å²) in [6.45, 7) is 8.14. The molecule has 0 aromatic heterocycles. The van der Waals surface area contributed by atoms with Crippen molar-refractivity contribution in [2.75, 3.05) is 5.73 Å². The molecule has 0 aliphatic rings. The molecule has 2 aromatic carbocycles. The third-order valence-corrected chi connectivity index (χ3v) is 2.89. The van der Waals surface area contributed by atoms with Gasteiger partial charge >= 0.3 is 0 Å². The lowest BCUT2D eigenvalue weighted by Gasteiger charge is -2.12. The average molecular weight is 223 g/mol. The molecule has 0 heterocycles. The summed E-state index contributed by atoms with van der Waals surface area (Å²) in [7, 11) is 0. The molecule has 0 aliphatic heterocycles. The molecule has 1 heteroatoms. The Morgan fingerprint density at radius 1 is 1.06 bits per heavy atom. The molecule has 2 rings (SSSR count). The van der Waals surface area contributed by atoms with Gasteiger partial charge < -0.3 is 5.73 Å². The SMILES string of the molecule is C=C(C)c1ccc(C)cc1-c1ccccc1N. The quantitative estimate of drug-likeness (QED) is 0.756. The minimum Gasteiger partial charge on any atom is -0.398 e. The van der Waals surface area contributed by atoms with E-state index in [1.807, 2.05) is 25.1 Å². The first kappa shape index (κ1) is 11.5. The second kappa shape index (κ2) is 4.46. The number of aryl methyl sites for hydroxylation is 1. The van der Waals surface area contributed by atoms with Crippen molar-refractivity contribution in [2.24, 2.45) is 0 Å². The third kappa shape index (κ3) is 2.23. The van der Waals surface area contributed by atoms with Crippen molar-refractivity contribution < 1.29 is 0 Å². The second-order valence-electron chi connectivity index (χ2n) is 4.42. The van der Waals surface area contributed by atoms with Crippen molar-refractivity contribution >= 4 is 11.3 Å². The Morgan fingerprint density at radius 2 is 1.76 bits per heavy atom. The van der Waals surface area contributed by atoms with Gasteiger partial charge in [-0.1, -0.05) is 54.1 Å². The van der Waals surface area contributed by atoms with Gasteiger partial charge in [0.15, 0.2) is 0 Å². The van der Waals surface area contributed by atoms with Crippen LogP contribution in [0.3, 0.4) is 0 Å². The Labute approximate surface area is 103 Å². The van der Waals surface area contributed by atoms with Crippen LogP contribution in [0.25, 0.3) is 16.7 Å². The van der Waals surface area contributed by atoms with Crippen molar-refractivity contribution in [3.8, 4) is 11.1 Å². The molecule has 0 unspecified atom stereocenters. The van der Waals surface area contributed by atoms with Gasteiger partial charge in [0.1, 0.15) is 0 Å². The van der Waals surface area contributed by atoms with Crippen LogP contribution in [0.5, 0.6) is 0 Å². The van der Waals surface area contributed by atoms with Gasteiger partial charge in [0.25, 0.3) is 0 Å². The first-order chi connectivity index (χ1) is 8.09. The Bertz CT molecular complexity index is 567. The van der Waals surface area contributed by atoms with Crippen LogP contribution in [-0.2, 0) is 0 Å². The standard InChI is InChI=1S/C16H17N/c1-11(2)13-9-8-12(3)10-15(13)14-6-4-5-7-16(14)17/h4-10H,1,17H2,2-3H3. The fourth-order valence-corrected chi connectivity index (χ4v) is 2.00. The highest BCUT2D eigenvalue weighted by Crippen LogP contribution is 2.32. The number of benzene rings is 2. The van der Waals surface area contributed by atoms with E-state index in [4.69, 9.17) is 5.73 Å². The van der Waals surface area contributed by atoms with E-state index in [0.29, 0.717) is 0 Å². The van der Waals surface area contributed by atoms with Crippen LogP contribution in [0, 0.1) is 6.92 Å². The second-order valence-corrected chi connectivity index (χ2v) is 4.42. The number of nitrogens with two attached hydrogens (primary N) is 1. The molecule has 0 amide bonds. The fourth-order valence-electron chi connectivity index (χ4n) is 2.00. The van der Waals surface area contributed by atoms with Gasteiger partial charge in [0.05, 0.1) is 0 Å². The summed E-state index contributed by atoms with van der Waals surface area (Å²) in [5.74, 6) is 0. The minimum absolute atomic E-state index is 0.806. The van der Waals surface area contributed by atoms with E-state index in [2.05, 4.69) is 37.8 Å². The lowest BCUT2D eigenvalue weighted by Crippen LogP contribution is -1.93. The van der Waals surface area contributed by atoms with Gasteiger partial charge in [-0.15, -0.1) is 0 Å². The maximum absolute atomic E-state index is 6.04. The summed E-state index contributed by atoms with van der Waals surface area (Å²) >= 11 is 0. The zero-order valence-corrected chi connectivity index (χ0v) is 10.3. The van der Waals surface area contributed by atoms with E-state index in [-0.39, 0.29) is 0 Å². The van der Waals surface area contributed by atoms with Gasteiger partial charge in [-0.2, -0.15) is 0 Å². The van der Waals surface area contributed by atoms with Gasteiger partial charge in [0, 0.05) is 11.3 Å². The number of nitrogen functional groups attached to an aromatic ring is 1. The van der Waals surface area contributed by atoms with Crippen molar-refractivity contribution in [3.05, 3.63) is 60.2 Å². The molecule has 86 valence electrons. The van der Waals surface area contributed by atoms with Gasteiger partial charge in [-0.05, 0) is 31.0 Å². The number of allylic oxidation sites excluding steroid dienone is 1. The summed E-state index contributed by atoms with van der Waals surface area (Å²) in [5.41, 5.74) is 12.5. The van der Waals surface area contributed by atoms with E-state index in [0.717, 1.165) is 28.0 Å². The minimum atomic E-state index is 0.806. The lowest BCUT2D eigenvalue weighted by molar-refractivity contribution is 1.44. The molecular formula is C16H17N. The number of hydrogen-bond acceptors (Lipinski definition) is 1. The van der Waals surface area contributed by atoms with Crippen molar-refractivity contribution in [3.63, 3.8) is 0 Å². The van der Waals surface area contributed by atoms with E-state index in [9.17, 15) is 0 Å². The normalized spacial score (nSPS) is 10.2. The molecule has 0 aliphatic carbocycles. The average Bonchev–Trinajstić information content (AvgIpc) is 2.29. The summed E-state index contributed by atoms with van der Waals surface area (Å²) in [6, 6.07) is 14.3. The van der Waals surface area contributed by atoms with Crippen molar-refractivity contribution in [1.82, 2.24) is 0 Å². The van der Waals surface area contributed by atoms with E-state index < -0.39 is 0 Å². The molecule has 17 heavy (non-hydrogen) atoms. The molecule has 0 fully saturated rings. The van der Waals surface area contributed by atoms with E-state index in [1.165, 1.54) is 5.56 Å². The third-order valence-electron chi connectivity index (χ3n) is 2.89. The van der Waals surface area contributed by atoms with Crippen LogP contribution in [0.1, 0.15) is 18.1 Å². The first-order valence-corrected chi connectivity index (χ1v) is 5.71. The molecule has 0 atom stereocenters. The van der Waals surface area contributed by atoms with E-state index in [1.54, 1.807) is 0 Å². The van der Waals surface area contributed by atoms with Gasteiger partial charge in [0.2, 0.25) is 0 Å². The topological polar surface area (TPSA) is 26.0 Å². The smallest absolute Gasteiger partial charge is 0.0393 e. The van der Waals surface area contributed by atoms with Crippen LogP contribution in [0.15, 0.2) is 49.0 Å². The highest BCUT2D eigenvalue weighted by atomic mass is 14.6. The predicted octanol–water partition coefficient (Wildman–Crippen LogP) is 4.28. The van der Waals surface area contributed by atoms with Crippen molar-refractivity contribution in [2.45, 2.75) is 13.8 Å². The molecule has 0 bridgehead atoms. The van der Waals surface area contributed by atoms with E-state index >= 15 is 0 Å². The van der Waals surface area contributed by atoms with Crippen LogP contribution < -0.4 is 5.73 Å². The Balaban J connectivity index is 2.70. The molecule has 0 spiro atoms. The number of hydrogen-bond donors (Lipinski definition) is 1. The Morgan fingerprint density at radius 3 is 2.41 bits per heavy atom. The van der Waals surface area contributed by atoms with Crippen LogP contribution in [-0.4, -0.2) is 0 Å². The lowest BCUT2D eigenvalue weighted by atomic mass is 9.93. The zero-order valence-electron chi connectivity index (χ0n) is 10.3. The zero-order chi connectivity index (χ0) is 12.4. The van der Waals surface area contributed by atoms with Crippen LogP contribution >= 0.6 is 0 Å². The van der Waals surface area contributed by atoms with Crippen molar-refractivity contribution in [1.29, 1.82) is 0 Å². The molecule has 0 radical (unpaired) electrons. The Hall–Kier alpha value is -2.02. The number of anilines is 1. The fraction of sp³-hybridized carbons (Fsp3) is 0.125.